The third-order valence-electron chi connectivity index (χ3n) is 2.90. The fourth-order valence-electron chi connectivity index (χ4n) is 2.00. The van der Waals surface area contributed by atoms with Crippen molar-refractivity contribution < 1.29 is 5.11 Å². The minimum atomic E-state index is -0.345. The summed E-state index contributed by atoms with van der Waals surface area (Å²) in [7, 11) is 0. The highest BCUT2D eigenvalue weighted by molar-refractivity contribution is 5.54. The Morgan fingerprint density at radius 1 is 1.19 bits per heavy atom. The van der Waals surface area contributed by atoms with Crippen molar-refractivity contribution in [2.45, 2.75) is 39.7 Å². The van der Waals surface area contributed by atoms with Crippen molar-refractivity contribution in [3.8, 4) is 0 Å². The van der Waals surface area contributed by atoms with E-state index in [2.05, 4.69) is 24.8 Å². The zero-order valence-electron chi connectivity index (χ0n) is 10.6. The minimum absolute atomic E-state index is 0.345. The molecule has 0 unspecified atom stereocenters. The number of aliphatic hydroxyl groups is 1. The lowest BCUT2D eigenvalue weighted by molar-refractivity contribution is 0.174. The van der Waals surface area contributed by atoms with E-state index in [1.807, 2.05) is 25.1 Å². The third kappa shape index (κ3) is 2.99. The van der Waals surface area contributed by atoms with Gasteiger partial charge in [0.2, 0.25) is 0 Å². The highest BCUT2D eigenvalue weighted by atomic mass is 16.3. The molecule has 0 bridgehead atoms. The fraction of sp³-hybridized carbons (Fsp3) is 0.571. The fourth-order valence-corrected chi connectivity index (χ4v) is 2.00. The first-order valence-electron chi connectivity index (χ1n) is 6.26. The predicted octanol–water partition coefficient (Wildman–Crippen LogP) is 3.37. The van der Waals surface area contributed by atoms with Crippen molar-refractivity contribution in [1.29, 1.82) is 0 Å². The van der Waals surface area contributed by atoms with Gasteiger partial charge >= 0.3 is 0 Å². The van der Waals surface area contributed by atoms with Gasteiger partial charge < -0.3 is 10.0 Å². The summed E-state index contributed by atoms with van der Waals surface area (Å²) in [5.74, 6) is 0. The van der Waals surface area contributed by atoms with Gasteiger partial charge in [-0.15, -0.1) is 0 Å². The van der Waals surface area contributed by atoms with Crippen LogP contribution < -0.4 is 4.90 Å². The molecule has 2 nitrogen and oxygen atoms in total. The van der Waals surface area contributed by atoms with Crippen LogP contribution in [0, 0.1) is 0 Å². The average Bonchev–Trinajstić information content (AvgIpc) is 2.35. The number of benzene rings is 1. The first-order valence-corrected chi connectivity index (χ1v) is 6.26. The zero-order chi connectivity index (χ0) is 12.0. The zero-order valence-corrected chi connectivity index (χ0v) is 10.6. The minimum Gasteiger partial charge on any atom is -0.388 e. The van der Waals surface area contributed by atoms with Crippen LogP contribution in [0.15, 0.2) is 24.3 Å². The average molecular weight is 221 g/mol. The van der Waals surface area contributed by atoms with Crippen molar-refractivity contribution in [2.24, 2.45) is 0 Å². The Kier molecular flexibility index (Phi) is 5.33. The molecule has 0 fully saturated rings. The smallest absolute Gasteiger partial charge is 0.0807 e. The topological polar surface area (TPSA) is 23.5 Å². The van der Waals surface area contributed by atoms with Crippen LogP contribution in [0.5, 0.6) is 0 Å². The molecule has 1 aromatic carbocycles. The lowest BCUT2D eigenvalue weighted by atomic mass is 10.0. The Morgan fingerprint density at radius 2 is 1.88 bits per heavy atom. The van der Waals surface area contributed by atoms with E-state index in [-0.39, 0.29) is 6.10 Å². The van der Waals surface area contributed by atoms with Crippen molar-refractivity contribution in [2.75, 3.05) is 18.0 Å². The highest BCUT2D eigenvalue weighted by Crippen LogP contribution is 2.28. The maximum absolute atomic E-state index is 10.00. The van der Waals surface area contributed by atoms with E-state index in [0.717, 1.165) is 31.5 Å². The van der Waals surface area contributed by atoms with E-state index in [4.69, 9.17) is 0 Å². The van der Waals surface area contributed by atoms with Gasteiger partial charge in [-0.3, -0.25) is 0 Å². The standard InChI is InChI=1S/C14H23NO/c1-4-11-15(6-3)13-10-8-7-9-12(13)14(16)5-2/h7-10,14,16H,4-6,11H2,1-3H3/t14-/m1/s1. The van der Waals surface area contributed by atoms with Crippen LogP contribution >= 0.6 is 0 Å². The molecule has 0 saturated heterocycles. The number of hydrogen-bond donors (Lipinski definition) is 1. The molecule has 0 spiro atoms. The second-order valence-electron chi connectivity index (χ2n) is 4.06. The molecule has 0 aliphatic rings. The first-order chi connectivity index (χ1) is 7.74. The maximum atomic E-state index is 10.00. The van der Waals surface area contributed by atoms with Crippen LogP contribution in [0.4, 0.5) is 5.69 Å². The Balaban J connectivity index is 3.00. The number of anilines is 1. The summed E-state index contributed by atoms with van der Waals surface area (Å²) in [6.45, 7) is 8.38. The largest absolute Gasteiger partial charge is 0.388 e. The number of hydrogen-bond acceptors (Lipinski definition) is 2. The van der Waals surface area contributed by atoms with Crippen molar-refractivity contribution in [3.05, 3.63) is 29.8 Å². The molecule has 0 aliphatic heterocycles. The highest BCUT2D eigenvalue weighted by Gasteiger charge is 2.13. The Morgan fingerprint density at radius 3 is 2.44 bits per heavy atom. The predicted molar refractivity (Wildman–Crippen MR) is 69.9 cm³/mol. The number of para-hydroxylation sites is 1. The van der Waals surface area contributed by atoms with Gasteiger partial charge in [-0.25, -0.2) is 0 Å². The number of aliphatic hydroxyl groups excluding tert-OH is 1. The van der Waals surface area contributed by atoms with Crippen LogP contribution in [0.25, 0.3) is 0 Å². The lowest BCUT2D eigenvalue weighted by Crippen LogP contribution is -2.25. The van der Waals surface area contributed by atoms with Gasteiger partial charge in [0.15, 0.2) is 0 Å². The normalized spacial score (nSPS) is 12.5. The number of rotatable bonds is 6. The molecule has 0 aliphatic carbocycles. The lowest BCUT2D eigenvalue weighted by Gasteiger charge is -2.26. The molecule has 0 heterocycles. The summed E-state index contributed by atoms with van der Waals surface area (Å²) in [5, 5.41) is 10.00. The second kappa shape index (κ2) is 6.54. The molecule has 0 aromatic heterocycles. The van der Waals surface area contributed by atoms with E-state index in [0.29, 0.717) is 0 Å². The first kappa shape index (κ1) is 13.0. The number of nitrogens with zero attached hydrogens (tertiary/aromatic N) is 1. The van der Waals surface area contributed by atoms with Crippen molar-refractivity contribution in [3.63, 3.8) is 0 Å². The molecule has 0 radical (unpaired) electrons. The van der Waals surface area contributed by atoms with Gasteiger partial charge in [0, 0.05) is 24.3 Å². The van der Waals surface area contributed by atoms with Crippen LogP contribution in [-0.4, -0.2) is 18.2 Å². The molecule has 16 heavy (non-hydrogen) atoms. The molecule has 1 aromatic rings. The van der Waals surface area contributed by atoms with E-state index >= 15 is 0 Å². The molecular weight excluding hydrogens is 198 g/mol. The Bertz CT molecular complexity index is 311. The Labute approximate surface area is 98.9 Å². The molecular formula is C14H23NO. The summed E-state index contributed by atoms with van der Waals surface area (Å²) in [5.41, 5.74) is 2.24. The molecule has 1 rings (SSSR count). The SMILES string of the molecule is CCCN(CC)c1ccccc1[C@H](O)CC. The summed E-state index contributed by atoms with van der Waals surface area (Å²) < 4.78 is 0. The second-order valence-corrected chi connectivity index (χ2v) is 4.06. The van der Waals surface area contributed by atoms with Gasteiger partial charge in [0.1, 0.15) is 0 Å². The van der Waals surface area contributed by atoms with Crippen LogP contribution in [0.3, 0.4) is 0 Å². The summed E-state index contributed by atoms with van der Waals surface area (Å²) >= 11 is 0. The third-order valence-corrected chi connectivity index (χ3v) is 2.90. The summed E-state index contributed by atoms with van der Waals surface area (Å²) in [4.78, 5) is 2.33. The van der Waals surface area contributed by atoms with Gasteiger partial charge in [0.05, 0.1) is 6.10 Å². The Hall–Kier alpha value is -1.02. The maximum Gasteiger partial charge on any atom is 0.0807 e. The van der Waals surface area contributed by atoms with Crippen LogP contribution in [0.1, 0.15) is 45.3 Å². The van der Waals surface area contributed by atoms with E-state index in [1.165, 1.54) is 5.69 Å². The van der Waals surface area contributed by atoms with E-state index in [9.17, 15) is 5.11 Å². The molecule has 0 amide bonds. The van der Waals surface area contributed by atoms with Crippen molar-refractivity contribution in [1.82, 2.24) is 0 Å². The van der Waals surface area contributed by atoms with E-state index < -0.39 is 0 Å². The molecule has 1 N–H and O–H groups in total. The molecule has 0 saturated carbocycles. The summed E-state index contributed by atoms with van der Waals surface area (Å²) in [6, 6.07) is 8.17. The van der Waals surface area contributed by atoms with Gasteiger partial charge in [-0.05, 0) is 25.8 Å². The van der Waals surface area contributed by atoms with Crippen molar-refractivity contribution >= 4 is 5.69 Å². The van der Waals surface area contributed by atoms with Crippen LogP contribution in [-0.2, 0) is 0 Å². The van der Waals surface area contributed by atoms with Gasteiger partial charge in [0.25, 0.3) is 0 Å². The van der Waals surface area contributed by atoms with E-state index in [1.54, 1.807) is 0 Å². The van der Waals surface area contributed by atoms with Gasteiger partial charge in [-0.1, -0.05) is 32.0 Å². The monoisotopic (exact) mass is 221 g/mol. The summed E-state index contributed by atoms with van der Waals surface area (Å²) in [6.07, 6.45) is 1.55. The molecule has 1 atom stereocenters. The van der Waals surface area contributed by atoms with Crippen LogP contribution in [0.2, 0.25) is 0 Å². The quantitative estimate of drug-likeness (QED) is 0.796. The molecule has 2 heteroatoms. The van der Waals surface area contributed by atoms with Gasteiger partial charge in [-0.2, -0.15) is 0 Å². The molecule has 90 valence electrons.